The van der Waals surface area contributed by atoms with E-state index in [9.17, 15) is 0 Å². The van der Waals surface area contributed by atoms with Crippen molar-refractivity contribution in [2.24, 2.45) is 17.3 Å². The van der Waals surface area contributed by atoms with E-state index in [4.69, 9.17) is 11.6 Å². The molecule has 86 valence electrons. The van der Waals surface area contributed by atoms with E-state index >= 15 is 0 Å². The summed E-state index contributed by atoms with van der Waals surface area (Å²) in [5, 5.41) is 0. The Morgan fingerprint density at radius 2 is 2.06 bits per heavy atom. The van der Waals surface area contributed by atoms with Crippen LogP contribution < -0.4 is 0 Å². The SMILES string of the molecule is ClCC1(Cc2cccc(Br)c2)CC2CC2C1. The molecule has 2 atom stereocenters. The molecule has 0 bridgehead atoms. The Bertz CT molecular complexity index is 391. The molecule has 1 aromatic carbocycles. The first kappa shape index (κ1) is 11.1. The first-order valence-electron chi connectivity index (χ1n) is 6.01. The molecule has 16 heavy (non-hydrogen) atoms. The summed E-state index contributed by atoms with van der Waals surface area (Å²) in [6.45, 7) is 0. The Hall–Kier alpha value is -0.0100. The molecular weight excluding hydrogens is 284 g/mol. The molecule has 0 heterocycles. The fraction of sp³-hybridized carbons (Fsp3) is 0.571. The number of fused-ring (bicyclic) bond motifs is 1. The average molecular weight is 300 g/mol. The Morgan fingerprint density at radius 3 is 2.69 bits per heavy atom. The van der Waals surface area contributed by atoms with Gasteiger partial charge in [0.1, 0.15) is 0 Å². The maximum Gasteiger partial charge on any atom is 0.0283 e. The lowest BCUT2D eigenvalue weighted by Crippen LogP contribution is -2.23. The van der Waals surface area contributed by atoms with Gasteiger partial charge in [-0.1, -0.05) is 28.1 Å². The molecule has 3 rings (SSSR count). The van der Waals surface area contributed by atoms with E-state index in [1.165, 1.54) is 29.3 Å². The van der Waals surface area contributed by atoms with Crippen molar-refractivity contribution in [1.29, 1.82) is 0 Å². The topological polar surface area (TPSA) is 0 Å². The van der Waals surface area contributed by atoms with Crippen LogP contribution in [-0.4, -0.2) is 5.88 Å². The highest BCUT2D eigenvalue weighted by molar-refractivity contribution is 9.10. The average Bonchev–Trinajstić information content (AvgIpc) is 2.87. The predicted octanol–water partition coefficient (Wildman–Crippen LogP) is 4.65. The van der Waals surface area contributed by atoms with Crippen LogP contribution in [0.1, 0.15) is 24.8 Å². The van der Waals surface area contributed by atoms with Crippen molar-refractivity contribution in [1.82, 2.24) is 0 Å². The van der Waals surface area contributed by atoms with Crippen molar-refractivity contribution >= 4 is 27.5 Å². The van der Waals surface area contributed by atoms with Gasteiger partial charge in [0.05, 0.1) is 0 Å². The highest BCUT2D eigenvalue weighted by Crippen LogP contribution is 2.61. The molecule has 0 aliphatic heterocycles. The van der Waals surface area contributed by atoms with Gasteiger partial charge in [0.25, 0.3) is 0 Å². The van der Waals surface area contributed by atoms with Crippen LogP contribution >= 0.6 is 27.5 Å². The molecular formula is C14H16BrCl. The van der Waals surface area contributed by atoms with Crippen LogP contribution in [-0.2, 0) is 6.42 Å². The minimum atomic E-state index is 0.399. The number of hydrogen-bond donors (Lipinski definition) is 0. The van der Waals surface area contributed by atoms with Gasteiger partial charge < -0.3 is 0 Å². The zero-order valence-corrected chi connectivity index (χ0v) is 11.6. The Balaban J connectivity index is 1.77. The molecule has 2 aliphatic carbocycles. The third-order valence-electron chi connectivity index (χ3n) is 4.21. The second-order valence-corrected chi connectivity index (χ2v) is 6.79. The molecule has 2 saturated carbocycles. The van der Waals surface area contributed by atoms with Gasteiger partial charge in [0, 0.05) is 10.4 Å². The summed E-state index contributed by atoms with van der Waals surface area (Å²) in [5.74, 6) is 2.84. The number of benzene rings is 1. The van der Waals surface area contributed by atoms with Crippen LogP contribution in [0.15, 0.2) is 28.7 Å². The molecule has 0 radical (unpaired) electrons. The van der Waals surface area contributed by atoms with Gasteiger partial charge in [-0.2, -0.15) is 0 Å². The maximum absolute atomic E-state index is 6.23. The van der Waals surface area contributed by atoms with Gasteiger partial charge >= 0.3 is 0 Å². The summed E-state index contributed by atoms with van der Waals surface area (Å²) in [6.07, 6.45) is 5.33. The van der Waals surface area contributed by atoms with Gasteiger partial charge in [0.15, 0.2) is 0 Å². The zero-order chi connectivity index (χ0) is 11.2. The molecule has 0 nitrogen and oxygen atoms in total. The molecule has 0 amide bonds. The molecule has 2 heteroatoms. The van der Waals surface area contributed by atoms with Crippen molar-refractivity contribution in [3.05, 3.63) is 34.3 Å². The van der Waals surface area contributed by atoms with Gasteiger partial charge in [-0.05, 0) is 60.6 Å². The predicted molar refractivity (Wildman–Crippen MR) is 71.8 cm³/mol. The van der Waals surface area contributed by atoms with Crippen LogP contribution in [0.3, 0.4) is 0 Å². The number of rotatable bonds is 3. The first-order valence-corrected chi connectivity index (χ1v) is 7.34. The van der Waals surface area contributed by atoms with Crippen molar-refractivity contribution in [3.8, 4) is 0 Å². The van der Waals surface area contributed by atoms with Crippen LogP contribution in [0.2, 0.25) is 0 Å². The van der Waals surface area contributed by atoms with Crippen molar-refractivity contribution < 1.29 is 0 Å². The van der Waals surface area contributed by atoms with E-state index in [0.29, 0.717) is 5.41 Å². The van der Waals surface area contributed by atoms with Gasteiger partial charge in [0.2, 0.25) is 0 Å². The minimum Gasteiger partial charge on any atom is -0.126 e. The molecule has 0 spiro atoms. The molecule has 2 unspecified atom stereocenters. The van der Waals surface area contributed by atoms with Crippen molar-refractivity contribution in [3.63, 3.8) is 0 Å². The van der Waals surface area contributed by atoms with E-state index in [2.05, 4.69) is 40.2 Å². The maximum atomic E-state index is 6.23. The van der Waals surface area contributed by atoms with E-state index < -0.39 is 0 Å². The summed E-state index contributed by atoms with van der Waals surface area (Å²) >= 11 is 9.77. The van der Waals surface area contributed by atoms with Crippen LogP contribution in [0.5, 0.6) is 0 Å². The Morgan fingerprint density at radius 1 is 1.31 bits per heavy atom. The van der Waals surface area contributed by atoms with Crippen LogP contribution in [0.25, 0.3) is 0 Å². The van der Waals surface area contributed by atoms with Crippen LogP contribution in [0.4, 0.5) is 0 Å². The van der Waals surface area contributed by atoms with E-state index in [1.807, 2.05) is 0 Å². The second kappa shape index (κ2) is 4.03. The summed E-state index contributed by atoms with van der Waals surface area (Å²) in [4.78, 5) is 0. The van der Waals surface area contributed by atoms with Gasteiger partial charge in [-0.25, -0.2) is 0 Å². The lowest BCUT2D eigenvalue weighted by atomic mass is 9.79. The first-order chi connectivity index (χ1) is 7.71. The Kier molecular flexibility index (Phi) is 2.79. The largest absolute Gasteiger partial charge is 0.126 e. The molecule has 0 aromatic heterocycles. The standard InChI is InChI=1S/C14H16BrCl/c15-13-3-1-2-10(4-13)6-14(9-16)7-11-5-12(11)8-14/h1-4,11-12H,5-9H2. The van der Waals surface area contributed by atoms with Crippen molar-refractivity contribution in [2.75, 3.05) is 5.88 Å². The molecule has 1 aromatic rings. The third kappa shape index (κ3) is 2.04. The highest BCUT2D eigenvalue weighted by atomic mass is 79.9. The van der Waals surface area contributed by atoms with Crippen LogP contribution in [0, 0.1) is 17.3 Å². The zero-order valence-electron chi connectivity index (χ0n) is 9.26. The fourth-order valence-corrected chi connectivity index (χ4v) is 4.15. The highest BCUT2D eigenvalue weighted by Gasteiger charge is 2.53. The third-order valence-corrected chi connectivity index (χ3v) is 5.27. The van der Waals surface area contributed by atoms with Crippen molar-refractivity contribution in [2.45, 2.75) is 25.7 Å². The second-order valence-electron chi connectivity index (χ2n) is 5.60. The summed E-state index contributed by atoms with van der Waals surface area (Å²) < 4.78 is 1.18. The minimum absolute atomic E-state index is 0.399. The number of halogens is 2. The fourth-order valence-electron chi connectivity index (χ4n) is 3.39. The summed E-state index contributed by atoms with van der Waals surface area (Å²) in [7, 11) is 0. The van der Waals surface area contributed by atoms with E-state index in [1.54, 1.807) is 0 Å². The van der Waals surface area contributed by atoms with E-state index in [-0.39, 0.29) is 0 Å². The van der Waals surface area contributed by atoms with Gasteiger partial charge in [-0.3, -0.25) is 0 Å². The quantitative estimate of drug-likeness (QED) is 0.713. The lowest BCUT2D eigenvalue weighted by molar-refractivity contribution is 0.303. The monoisotopic (exact) mass is 298 g/mol. The molecule has 0 N–H and O–H groups in total. The normalized spacial score (nSPS) is 36.1. The summed E-state index contributed by atoms with van der Waals surface area (Å²) in [5.41, 5.74) is 1.83. The summed E-state index contributed by atoms with van der Waals surface area (Å²) in [6, 6.07) is 8.67. The number of alkyl halides is 1. The molecule has 2 fully saturated rings. The van der Waals surface area contributed by atoms with E-state index in [0.717, 1.165) is 24.1 Å². The smallest absolute Gasteiger partial charge is 0.0283 e. The molecule has 0 saturated heterocycles. The Labute approximate surface area is 111 Å². The van der Waals surface area contributed by atoms with Gasteiger partial charge in [-0.15, -0.1) is 11.6 Å². The lowest BCUT2D eigenvalue weighted by Gasteiger charge is -2.28. The molecule has 2 aliphatic rings. The number of hydrogen-bond acceptors (Lipinski definition) is 0.